The van der Waals surface area contributed by atoms with Crippen LogP contribution < -0.4 is 21.5 Å². The Kier molecular flexibility index (Phi) is 4.60. The molecule has 0 spiro atoms. The van der Waals surface area contributed by atoms with Crippen LogP contribution in [0.2, 0.25) is 0 Å². The molecule has 0 saturated carbocycles. The van der Waals surface area contributed by atoms with Crippen LogP contribution in [0, 0.1) is 0 Å². The van der Waals surface area contributed by atoms with Crippen LogP contribution >= 0.6 is 0 Å². The zero-order valence-electron chi connectivity index (χ0n) is 16.7. The SMILES string of the molecule is O=C(Nc1cc2cc3c(=O)c(NC(=O)c4ccccc4)cc3cc2c1=O)c1ccccc1. The van der Waals surface area contributed by atoms with Crippen molar-refractivity contribution in [3.8, 4) is 0 Å². The number of rotatable bonds is 4. The number of hydrogen-bond donors (Lipinski definition) is 2. The Bertz CT molecular complexity index is 1460. The molecule has 154 valence electrons. The fourth-order valence-corrected chi connectivity index (χ4v) is 3.75. The van der Waals surface area contributed by atoms with E-state index in [9.17, 15) is 19.2 Å². The van der Waals surface area contributed by atoms with Gasteiger partial charge in [-0.25, -0.2) is 0 Å². The Morgan fingerprint density at radius 2 is 0.906 bits per heavy atom. The molecular formula is C26H16N2O4. The highest BCUT2D eigenvalue weighted by molar-refractivity contribution is 6.10. The number of nitrogens with one attached hydrogen (secondary N) is 2. The summed E-state index contributed by atoms with van der Waals surface area (Å²) in [6.45, 7) is 0. The summed E-state index contributed by atoms with van der Waals surface area (Å²) in [6, 6.07) is 23.6. The third-order valence-corrected chi connectivity index (χ3v) is 5.37. The summed E-state index contributed by atoms with van der Waals surface area (Å²) < 4.78 is 0. The topological polar surface area (TPSA) is 92.3 Å². The minimum absolute atomic E-state index is 0.159. The van der Waals surface area contributed by atoms with E-state index in [1.807, 2.05) is 0 Å². The average Bonchev–Trinajstić information content (AvgIpc) is 3.29. The lowest BCUT2D eigenvalue weighted by atomic mass is 10.1. The molecule has 5 aromatic carbocycles. The predicted molar refractivity (Wildman–Crippen MR) is 125 cm³/mol. The van der Waals surface area contributed by atoms with Crippen molar-refractivity contribution in [3.63, 3.8) is 0 Å². The van der Waals surface area contributed by atoms with Gasteiger partial charge in [0.25, 0.3) is 11.8 Å². The summed E-state index contributed by atoms with van der Waals surface area (Å²) >= 11 is 0. The van der Waals surface area contributed by atoms with Gasteiger partial charge in [-0.1, -0.05) is 36.4 Å². The summed E-state index contributed by atoms with van der Waals surface area (Å²) in [5.41, 5.74) is 0.552. The molecular weight excluding hydrogens is 404 g/mol. The molecule has 0 aliphatic rings. The highest BCUT2D eigenvalue weighted by Crippen LogP contribution is 2.26. The molecule has 0 radical (unpaired) electrons. The maximum absolute atomic E-state index is 12.8. The van der Waals surface area contributed by atoms with Gasteiger partial charge in [0.15, 0.2) is 0 Å². The lowest BCUT2D eigenvalue weighted by Crippen LogP contribution is -2.15. The first kappa shape index (κ1) is 19.4. The quantitative estimate of drug-likeness (QED) is 0.458. The van der Waals surface area contributed by atoms with Gasteiger partial charge >= 0.3 is 0 Å². The van der Waals surface area contributed by atoms with Crippen LogP contribution in [0.15, 0.2) is 94.5 Å². The van der Waals surface area contributed by atoms with Crippen LogP contribution in [0.1, 0.15) is 20.7 Å². The van der Waals surface area contributed by atoms with Crippen molar-refractivity contribution in [1.29, 1.82) is 0 Å². The average molecular weight is 420 g/mol. The van der Waals surface area contributed by atoms with E-state index in [2.05, 4.69) is 10.6 Å². The standard InChI is InChI=1S/C26H16N2O4/c29-23-19-12-18-14-22(28-26(32)16-9-5-2-6-10-16)24(30)20(18)11-17(19)13-21(23)27-25(31)15-7-3-1-4-8-15/h1-14H,(H,27,29,31)(H,28,30,32). The summed E-state index contributed by atoms with van der Waals surface area (Å²) in [7, 11) is 0. The van der Waals surface area contributed by atoms with Gasteiger partial charge in [0.2, 0.25) is 10.9 Å². The number of anilines is 2. The Morgan fingerprint density at radius 1 is 0.531 bits per heavy atom. The molecule has 0 heterocycles. The molecule has 6 nitrogen and oxygen atoms in total. The number of amides is 2. The van der Waals surface area contributed by atoms with Crippen LogP contribution in [0.25, 0.3) is 21.5 Å². The van der Waals surface area contributed by atoms with E-state index in [1.165, 1.54) is 0 Å². The zero-order chi connectivity index (χ0) is 22.2. The Balaban J connectivity index is 1.49. The van der Waals surface area contributed by atoms with Gasteiger partial charge in [-0.05, 0) is 59.3 Å². The van der Waals surface area contributed by atoms with Gasteiger partial charge in [0.1, 0.15) is 0 Å². The fraction of sp³-hybridized carbons (Fsp3) is 0. The second-order valence-electron chi connectivity index (χ2n) is 7.44. The second kappa shape index (κ2) is 7.59. The van der Waals surface area contributed by atoms with Crippen LogP contribution in [-0.4, -0.2) is 11.8 Å². The molecule has 0 saturated heterocycles. The first-order valence-electron chi connectivity index (χ1n) is 9.95. The molecule has 0 unspecified atom stereocenters. The first-order chi connectivity index (χ1) is 15.5. The predicted octanol–water partition coefficient (Wildman–Crippen LogP) is 4.09. The van der Waals surface area contributed by atoms with Crippen molar-refractivity contribution in [1.82, 2.24) is 0 Å². The zero-order valence-corrected chi connectivity index (χ0v) is 16.7. The maximum atomic E-state index is 12.8. The van der Waals surface area contributed by atoms with Gasteiger partial charge in [-0.2, -0.15) is 0 Å². The summed E-state index contributed by atoms with van der Waals surface area (Å²) in [5, 5.41) is 7.18. The minimum Gasteiger partial charge on any atom is -0.319 e. The minimum atomic E-state index is -0.382. The molecule has 32 heavy (non-hydrogen) atoms. The molecule has 0 aliphatic carbocycles. The van der Waals surface area contributed by atoms with Gasteiger partial charge in [-0.3, -0.25) is 19.2 Å². The number of carbonyl (C=O) groups excluding carboxylic acids is 2. The summed E-state index contributed by atoms with van der Waals surface area (Å²) in [6.07, 6.45) is 0. The van der Waals surface area contributed by atoms with Crippen molar-refractivity contribution in [2.45, 2.75) is 0 Å². The van der Waals surface area contributed by atoms with E-state index in [0.717, 1.165) is 0 Å². The molecule has 2 amide bonds. The smallest absolute Gasteiger partial charge is 0.255 e. The van der Waals surface area contributed by atoms with E-state index < -0.39 is 0 Å². The Hall–Kier alpha value is -4.58. The fourth-order valence-electron chi connectivity index (χ4n) is 3.75. The number of benzene rings is 3. The number of carbonyl (C=O) groups is 2. The molecule has 0 aliphatic heterocycles. The molecule has 5 aromatic rings. The van der Waals surface area contributed by atoms with Crippen LogP contribution in [0.5, 0.6) is 0 Å². The molecule has 0 fully saturated rings. The normalized spacial score (nSPS) is 11.0. The van der Waals surface area contributed by atoms with Gasteiger partial charge in [0.05, 0.1) is 11.4 Å². The number of fused-ring (bicyclic) bond motifs is 2. The monoisotopic (exact) mass is 420 g/mol. The Labute approximate surface area is 181 Å². The van der Waals surface area contributed by atoms with Crippen molar-refractivity contribution in [2.75, 3.05) is 10.6 Å². The third-order valence-electron chi connectivity index (χ3n) is 5.37. The van der Waals surface area contributed by atoms with E-state index in [-0.39, 0.29) is 34.0 Å². The van der Waals surface area contributed by atoms with Crippen molar-refractivity contribution >= 4 is 44.7 Å². The Morgan fingerprint density at radius 3 is 1.28 bits per heavy atom. The first-order valence-corrected chi connectivity index (χ1v) is 9.95. The van der Waals surface area contributed by atoms with Crippen molar-refractivity contribution < 1.29 is 9.59 Å². The molecule has 0 aromatic heterocycles. The molecule has 6 heteroatoms. The lowest BCUT2D eigenvalue weighted by molar-refractivity contribution is 0.101. The molecule has 2 N–H and O–H groups in total. The van der Waals surface area contributed by atoms with Crippen molar-refractivity contribution in [2.24, 2.45) is 0 Å². The molecule has 0 atom stereocenters. The summed E-state index contributed by atoms with van der Waals surface area (Å²) in [5.74, 6) is -0.764. The lowest BCUT2D eigenvalue weighted by Gasteiger charge is -2.01. The highest BCUT2D eigenvalue weighted by Gasteiger charge is 2.17. The van der Waals surface area contributed by atoms with Crippen LogP contribution in [0.3, 0.4) is 0 Å². The van der Waals surface area contributed by atoms with E-state index in [1.54, 1.807) is 84.9 Å². The second-order valence-corrected chi connectivity index (χ2v) is 7.44. The number of hydrogen-bond acceptors (Lipinski definition) is 4. The highest BCUT2D eigenvalue weighted by atomic mass is 16.2. The van der Waals surface area contributed by atoms with Gasteiger partial charge in [-0.15, -0.1) is 0 Å². The largest absolute Gasteiger partial charge is 0.319 e. The van der Waals surface area contributed by atoms with Crippen LogP contribution in [0.4, 0.5) is 11.4 Å². The van der Waals surface area contributed by atoms with E-state index >= 15 is 0 Å². The third kappa shape index (κ3) is 3.33. The van der Waals surface area contributed by atoms with Gasteiger partial charge < -0.3 is 10.6 Å². The van der Waals surface area contributed by atoms with E-state index in [4.69, 9.17) is 0 Å². The molecule has 0 bridgehead atoms. The van der Waals surface area contributed by atoms with E-state index in [0.29, 0.717) is 32.7 Å². The molecule has 5 rings (SSSR count). The van der Waals surface area contributed by atoms with Crippen LogP contribution in [-0.2, 0) is 0 Å². The van der Waals surface area contributed by atoms with Gasteiger partial charge in [0, 0.05) is 21.9 Å². The van der Waals surface area contributed by atoms with Crippen molar-refractivity contribution in [3.05, 3.63) is 117 Å². The summed E-state index contributed by atoms with van der Waals surface area (Å²) in [4.78, 5) is 50.5. The maximum Gasteiger partial charge on any atom is 0.255 e.